The predicted octanol–water partition coefficient (Wildman–Crippen LogP) is 5.14. The third kappa shape index (κ3) is 5.05. The second-order valence-corrected chi connectivity index (χ2v) is 6.54. The van der Waals surface area contributed by atoms with Gasteiger partial charge in [0, 0.05) is 17.7 Å². The fraction of sp³-hybridized carbons (Fsp3) is 0.429. The van der Waals surface area contributed by atoms with Crippen molar-refractivity contribution in [1.29, 1.82) is 0 Å². The summed E-state index contributed by atoms with van der Waals surface area (Å²) in [7, 11) is 0. The maximum atomic E-state index is 5.42. The summed E-state index contributed by atoms with van der Waals surface area (Å²) in [5.74, 6) is 1.22. The molecule has 1 aromatic heterocycles. The van der Waals surface area contributed by atoms with Crippen LogP contribution in [0, 0.1) is 0 Å². The van der Waals surface area contributed by atoms with Crippen LogP contribution in [-0.4, -0.2) is 16.7 Å². The highest BCUT2D eigenvalue weighted by Gasteiger charge is 2.12. The molecule has 132 valence electrons. The number of benzene rings is 1. The number of unbranched alkanes of at least 4 members (excludes halogenated alkanes) is 5. The Kier molecular flexibility index (Phi) is 6.43. The second-order valence-electron chi connectivity index (χ2n) is 6.54. The first-order chi connectivity index (χ1) is 12.4. The summed E-state index contributed by atoms with van der Waals surface area (Å²) in [5, 5.41) is 7.21. The van der Waals surface area contributed by atoms with Crippen molar-refractivity contribution in [1.82, 2.24) is 15.5 Å². The van der Waals surface area contributed by atoms with Crippen molar-refractivity contribution in [3.63, 3.8) is 0 Å². The quantitative estimate of drug-likeness (QED) is 0.644. The minimum Gasteiger partial charge on any atom is -0.387 e. The third-order valence-corrected chi connectivity index (χ3v) is 4.52. The largest absolute Gasteiger partial charge is 0.387 e. The molecule has 1 aromatic carbocycles. The first-order valence-corrected chi connectivity index (χ1v) is 9.40. The molecule has 0 radical (unpaired) electrons. The average Bonchev–Trinajstić information content (AvgIpc) is 3.16. The molecule has 2 heterocycles. The van der Waals surface area contributed by atoms with Gasteiger partial charge in [0.15, 0.2) is 0 Å². The van der Waals surface area contributed by atoms with E-state index < -0.39 is 0 Å². The van der Waals surface area contributed by atoms with Crippen molar-refractivity contribution >= 4 is 5.57 Å². The van der Waals surface area contributed by atoms with Gasteiger partial charge in [0.25, 0.3) is 5.89 Å². The lowest BCUT2D eigenvalue weighted by atomic mass is 10.0. The minimum atomic E-state index is 0.578. The van der Waals surface area contributed by atoms with Crippen LogP contribution in [0.3, 0.4) is 0 Å². The highest BCUT2D eigenvalue weighted by atomic mass is 16.5. The number of aromatic nitrogens is 2. The van der Waals surface area contributed by atoms with E-state index in [0.29, 0.717) is 11.7 Å². The summed E-state index contributed by atoms with van der Waals surface area (Å²) in [6.45, 7) is 3.05. The van der Waals surface area contributed by atoms with E-state index in [1.165, 1.54) is 44.1 Å². The second kappa shape index (κ2) is 9.21. The van der Waals surface area contributed by atoms with Gasteiger partial charge in [-0.3, -0.25) is 0 Å². The van der Waals surface area contributed by atoms with Crippen LogP contribution < -0.4 is 5.32 Å². The minimum absolute atomic E-state index is 0.578. The van der Waals surface area contributed by atoms with Crippen LogP contribution in [0.15, 0.2) is 47.1 Å². The number of aryl methyl sites for hydroxylation is 1. The highest BCUT2D eigenvalue weighted by molar-refractivity contribution is 5.71. The van der Waals surface area contributed by atoms with Gasteiger partial charge in [0.1, 0.15) is 0 Å². The summed E-state index contributed by atoms with van der Waals surface area (Å²) < 4.78 is 5.42. The van der Waals surface area contributed by atoms with Crippen LogP contribution in [0.5, 0.6) is 0 Å². The molecule has 0 unspecified atom stereocenters. The molecular weight excluding hydrogens is 310 g/mol. The maximum Gasteiger partial charge on any atom is 0.258 e. The van der Waals surface area contributed by atoms with Crippen LogP contribution in [0.25, 0.3) is 17.0 Å². The summed E-state index contributed by atoms with van der Waals surface area (Å²) in [6, 6.07) is 8.51. The average molecular weight is 337 g/mol. The van der Waals surface area contributed by atoms with E-state index >= 15 is 0 Å². The number of hydrogen-bond acceptors (Lipinski definition) is 4. The van der Waals surface area contributed by atoms with Gasteiger partial charge >= 0.3 is 0 Å². The van der Waals surface area contributed by atoms with Crippen LogP contribution >= 0.6 is 0 Å². The van der Waals surface area contributed by atoms with Crippen molar-refractivity contribution in [3.05, 3.63) is 54.0 Å². The molecule has 0 atom stereocenters. The molecule has 0 saturated carbocycles. The first-order valence-electron chi connectivity index (χ1n) is 9.40. The van der Waals surface area contributed by atoms with Crippen molar-refractivity contribution in [3.8, 4) is 11.5 Å². The molecular formula is C21H27N3O. The van der Waals surface area contributed by atoms with Gasteiger partial charge in [-0.2, -0.15) is 4.98 Å². The van der Waals surface area contributed by atoms with Gasteiger partial charge in [-0.15, -0.1) is 0 Å². The zero-order valence-electron chi connectivity index (χ0n) is 15.0. The van der Waals surface area contributed by atoms with E-state index in [9.17, 15) is 0 Å². The molecule has 0 amide bonds. The first kappa shape index (κ1) is 17.5. The van der Waals surface area contributed by atoms with Gasteiger partial charge in [-0.05, 0) is 42.8 Å². The van der Waals surface area contributed by atoms with Crippen molar-refractivity contribution in [2.45, 2.75) is 51.9 Å². The van der Waals surface area contributed by atoms with Crippen molar-refractivity contribution in [2.24, 2.45) is 0 Å². The molecule has 0 aliphatic carbocycles. The Labute approximate surface area is 150 Å². The molecule has 4 nitrogen and oxygen atoms in total. The molecule has 3 rings (SSSR count). The Bertz CT molecular complexity index is 713. The number of rotatable bonds is 9. The zero-order valence-corrected chi connectivity index (χ0v) is 15.0. The van der Waals surface area contributed by atoms with Crippen molar-refractivity contribution in [2.75, 3.05) is 6.54 Å². The smallest absolute Gasteiger partial charge is 0.258 e. The van der Waals surface area contributed by atoms with E-state index in [1.807, 2.05) is 12.3 Å². The molecule has 1 aliphatic heterocycles. The van der Waals surface area contributed by atoms with Gasteiger partial charge in [-0.25, -0.2) is 0 Å². The third-order valence-electron chi connectivity index (χ3n) is 4.52. The normalized spacial score (nSPS) is 13.6. The Morgan fingerprint density at radius 2 is 1.84 bits per heavy atom. The topological polar surface area (TPSA) is 51.0 Å². The molecule has 0 bridgehead atoms. The zero-order chi connectivity index (χ0) is 17.3. The van der Waals surface area contributed by atoms with Crippen LogP contribution in [0.4, 0.5) is 0 Å². The van der Waals surface area contributed by atoms with Gasteiger partial charge < -0.3 is 9.84 Å². The molecule has 25 heavy (non-hydrogen) atoms. The highest BCUT2D eigenvalue weighted by Crippen LogP contribution is 2.22. The molecule has 0 fully saturated rings. The molecule has 1 N–H and O–H groups in total. The summed E-state index contributed by atoms with van der Waals surface area (Å²) in [5.41, 5.74) is 3.35. The molecule has 1 aliphatic rings. The Morgan fingerprint density at radius 1 is 1.04 bits per heavy atom. The summed E-state index contributed by atoms with van der Waals surface area (Å²) >= 11 is 0. The standard InChI is InChI=1S/C21H27N3O/c1-2-3-4-5-6-7-8-17-9-11-19(12-10-17)21-23-20(24-25-21)18-13-15-22-16-14-18/h9-15,22H,2-8,16H2,1H3. The number of nitrogens with one attached hydrogen (secondary N) is 1. The monoisotopic (exact) mass is 337 g/mol. The molecule has 0 saturated heterocycles. The van der Waals surface area contributed by atoms with Gasteiger partial charge in [0.05, 0.1) is 0 Å². The summed E-state index contributed by atoms with van der Waals surface area (Å²) in [4.78, 5) is 4.51. The molecule has 2 aromatic rings. The lowest BCUT2D eigenvalue weighted by Gasteiger charge is -2.03. The lowest BCUT2D eigenvalue weighted by Crippen LogP contribution is -2.08. The number of hydrogen-bond donors (Lipinski definition) is 1. The van der Waals surface area contributed by atoms with E-state index in [0.717, 1.165) is 24.1 Å². The fourth-order valence-electron chi connectivity index (χ4n) is 3.00. The van der Waals surface area contributed by atoms with E-state index in [4.69, 9.17) is 4.52 Å². The molecule has 0 spiro atoms. The van der Waals surface area contributed by atoms with Gasteiger partial charge in [0.2, 0.25) is 5.82 Å². The van der Waals surface area contributed by atoms with E-state index in [2.05, 4.69) is 52.7 Å². The maximum absolute atomic E-state index is 5.42. The number of nitrogens with zero attached hydrogens (tertiary/aromatic N) is 2. The molecule has 4 heteroatoms. The van der Waals surface area contributed by atoms with E-state index in [-0.39, 0.29) is 0 Å². The van der Waals surface area contributed by atoms with Crippen molar-refractivity contribution < 1.29 is 4.52 Å². The Balaban J connectivity index is 1.53. The summed E-state index contributed by atoms with van der Waals surface area (Å²) in [6.07, 6.45) is 15.1. The van der Waals surface area contributed by atoms with Crippen LogP contribution in [0.1, 0.15) is 56.8 Å². The van der Waals surface area contributed by atoms with Gasteiger partial charge in [-0.1, -0.05) is 62.4 Å². The van der Waals surface area contributed by atoms with Crippen LogP contribution in [-0.2, 0) is 6.42 Å². The number of dihydropyridines is 1. The predicted molar refractivity (Wildman–Crippen MR) is 102 cm³/mol. The lowest BCUT2D eigenvalue weighted by molar-refractivity contribution is 0.428. The van der Waals surface area contributed by atoms with Crippen LogP contribution in [0.2, 0.25) is 0 Å². The fourth-order valence-corrected chi connectivity index (χ4v) is 3.00. The SMILES string of the molecule is CCCCCCCCc1ccc(-c2nc(C3=CCNC=C3)no2)cc1. The van der Waals surface area contributed by atoms with E-state index in [1.54, 1.807) is 0 Å². The Hall–Kier alpha value is -2.36. The Morgan fingerprint density at radius 3 is 2.60 bits per heavy atom. The number of allylic oxidation sites excluding steroid dienone is 2.